The van der Waals surface area contributed by atoms with Crippen molar-refractivity contribution < 1.29 is 13.2 Å². The summed E-state index contributed by atoms with van der Waals surface area (Å²) >= 11 is -0.0498. The van der Waals surface area contributed by atoms with Gasteiger partial charge in [0, 0.05) is 4.90 Å². The van der Waals surface area contributed by atoms with Crippen molar-refractivity contribution in [3.8, 4) is 0 Å². The molecule has 4 heteroatoms. The predicted molar refractivity (Wildman–Crippen MR) is 52.6 cm³/mol. The molecule has 0 saturated heterocycles. The van der Waals surface area contributed by atoms with Crippen LogP contribution in [0.15, 0.2) is 17.0 Å². The molecule has 0 bridgehead atoms. The molecule has 1 aromatic carbocycles. The Bertz CT molecular complexity index is 342. The van der Waals surface area contributed by atoms with Gasteiger partial charge in [-0.05, 0) is 55.3 Å². The van der Waals surface area contributed by atoms with E-state index in [0.717, 1.165) is 11.1 Å². The van der Waals surface area contributed by atoms with Crippen molar-refractivity contribution in [2.45, 2.75) is 31.2 Å². The first-order valence-corrected chi connectivity index (χ1v) is 4.95. The van der Waals surface area contributed by atoms with Crippen molar-refractivity contribution >= 4 is 11.8 Å². The van der Waals surface area contributed by atoms with Gasteiger partial charge in [-0.2, -0.15) is 13.2 Å². The van der Waals surface area contributed by atoms with Crippen LogP contribution in [0.3, 0.4) is 0 Å². The van der Waals surface area contributed by atoms with Crippen molar-refractivity contribution in [3.63, 3.8) is 0 Å². The van der Waals surface area contributed by atoms with E-state index in [0.29, 0.717) is 10.5 Å². The molecule has 0 atom stereocenters. The average molecular weight is 220 g/mol. The van der Waals surface area contributed by atoms with Crippen LogP contribution < -0.4 is 0 Å². The summed E-state index contributed by atoms with van der Waals surface area (Å²) in [7, 11) is 0. The van der Waals surface area contributed by atoms with Crippen LogP contribution in [0.4, 0.5) is 13.2 Å². The first kappa shape index (κ1) is 11.4. The van der Waals surface area contributed by atoms with Gasteiger partial charge in [0.05, 0.1) is 0 Å². The highest BCUT2D eigenvalue weighted by Crippen LogP contribution is 2.39. The quantitative estimate of drug-likeness (QED) is 0.638. The van der Waals surface area contributed by atoms with Crippen LogP contribution in [0.25, 0.3) is 0 Å². The van der Waals surface area contributed by atoms with E-state index in [1.54, 1.807) is 19.1 Å². The third kappa shape index (κ3) is 2.94. The fourth-order valence-electron chi connectivity index (χ4n) is 1.17. The molecule has 0 radical (unpaired) electrons. The first-order valence-electron chi connectivity index (χ1n) is 4.13. The minimum atomic E-state index is -4.20. The Morgan fingerprint density at radius 1 is 0.929 bits per heavy atom. The third-order valence-electron chi connectivity index (χ3n) is 2.02. The number of rotatable bonds is 1. The molecule has 0 unspecified atom stereocenters. The maximum atomic E-state index is 12.1. The molecule has 0 N–H and O–H groups in total. The fourth-order valence-corrected chi connectivity index (χ4v) is 1.87. The van der Waals surface area contributed by atoms with E-state index in [-0.39, 0.29) is 11.8 Å². The lowest BCUT2D eigenvalue weighted by molar-refractivity contribution is -0.0328. The van der Waals surface area contributed by atoms with Crippen molar-refractivity contribution in [3.05, 3.63) is 28.8 Å². The first-order chi connectivity index (χ1) is 6.29. The summed E-state index contributed by atoms with van der Waals surface area (Å²) in [6.07, 6.45) is 0. The maximum Gasteiger partial charge on any atom is 0.446 e. The summed E-state index contributed by atoms with van der Waals surface area (Å²) in [5, 5.41) is 0. The number of benzene rings is 1. The highest BCUT2D eigenvalue weighted by molar-refractivity contribution is 8.00. The molecule has 0 aliphatic heterocycles. The van der Waals surface area contributed by atoms with E-state index >= 15 is 0 Å². The molecule has 0 aliphatic carbocycles. The summed E-state index contributed by atoms with van der Waals surface area (Å²) in [6, 6.07) is 3.37. The minimum absolute atomic E-state index is 0.0498. The van der Waals surface area contributed by atoms with Crippen molar-refractivity contribution in [1.82, 2.24) is 0 Å². The molecule has 14 heavy (non-hydrogen) atoms. The van der Waals surface area contributed by atoms with Gasteiger partial charge in [-0.3, -0.25) is 0 Å². The summed E-state index contributed by atoms with van der Waals surface area (Å²) in [5.74, 6) is 0. The van der Waals surface area contributed by atoms with E-state index < -0.39 is 5.51 Å². The van der Waals surface area contributed by atoms with Crippen LogP contribution in [-0.4, -0.2) is 5.51 Å². The predicted octanol–water partition coefficient (Wildman–Crippen LogP) is 4.22. The Balaban J connectivity index is 3.04. The van der Waals surface area contributed by atoms with Crippen LogP contribution in [0, 0.1) is 20.8 Å². The van der Waals surface area contributed by atoms with Crippen molar-refractivity contribution in [2.75, 3.05) is 0 Å². The van der Waals surface area contributed by atoms with E-state index in [2.05, 4.69) is 0 Å². The number of hydrogen-bond donors (Lipinski definition) is 0. The highest BCUT2D eigenvalue weighted by atomic mass is 32.2. The molecule has 0 heterocycles. The SMILES string of the molecule is Cc1cc(C)c(SC(F)(F)F)cc1C. The van der Waals surface area contributed by atoms with Gasteiger partial charge < -0.3 is 0 Å². The Hall–Kier alpha value is -0.640. The van der Waals surface area contributed by atoms with Crippen LogP contribution in [0.2, 0.25) is 0 Å². The number of alkyl halides is 3. The smallest absolute Gasteiger partial charge is 0.160 e. The third-order valence-corrected chi connectivity index (χ3v) is 2.91. The van der Waals surface area contributed by atoms with Gasteiger partial charge in [-0.1, -0.05) is 6.07 Å². The monoisotopic (exact) mass is 220 g/mol. The van der Waals surface area contributed by atoms with Gasteiger partial charge in [0.25, 0.3) is 0 Å². The van der Waals surface area contributed by atoms with Crippen LogP contribution >= 0.6 is 11.8 Å². The molecular weight excluding hydrogens is 209 g/mol. The van der Waals surface area contributed by atoms with Gasteiger partial charge in [0.1, 0.15) is 0 Å². The number of aryl methyl sites for hydroxylation is 3. The molecule has 0 saturated carbocycles. The molecule has 0 aliphatic rings. The Kier molecular flexibility index (Phi) is 3.14. The second kappa shape index (κ2) is 3.85. The molecule has 78 valence electrons. The lowest BCUT2D eigenvalue weighted by Crippen LogP contribution is -2.00. The highest BCUT2D eigenvalue weighted by Gasteiger charge is 2.29. The van der Waals surface area contributed by atoms with E-state index in [9.17, 15) is 13.2 Å². The zero-order chi connectivity index (χ0) is 10.9. The molecule has 0 nitrogen and oxygen atoms in total. The standard InChI is InChI=1S/C10H11F3S/c1-6-4-8(3)9(5-7(6)2)14-10(11,12)13/h4-5H,1-3H3. The lowest BCUT2D eigenvalue weighted by atomic mass is 10.1. The molecule has 0 aromatic heterocycles. The largest absolute Gasteiger partial charge is 0.446 e. The average Bonchev–Trinajstić information content (AvgIpc) is 1.97. The molecule has 0 amide bonds. The van der Waals surface area contributed by atoms with Gasteiger partial charge in [-0.15, -0.1) is 0 Å². The molecular formula is C10H11F3S. The molecule has 0 fully saturated rings. The van der Waals surface area contributed by atoms with Crippen LogP contribution in [0.1, 0.15) is 16.7 Å². The zero-order valence-electron chi connectivity index (χ0n) is 8.20. The Morgan fingerprint density at radius 2 is 1.43 bits per heavy atom. The molecule has 1 aromatic rings. The summed E-state index contributed by atoms with van der Waals surface area (Å²) in [4.78, 5) is 0.292. The van der Waals surface area contributed by atoms with Crippen LogP contribution in [-0.2, 0) is 0 Å². The zero-order valence-corrected chi connectivity index (χ0v) is 9.01. The number of thioether (sulfide) groups is 1. The fraction of sp³-hybridized carbons (Fsp3) is 0.400. The number of halogens is 3. The lowest BCUT2D eigenvalue weighted by Gasteiger charge is -2.10. The molecule has 1 rings (SSSR count). The van der Waals surface area contributed by atoms with Gasteiger partial charge in [0.2, 0.25) is 0 Å². The normalized spacial score (nSPS) is 11.9. The minimum Gasteiger partial charge on any atom is -0.160 e. The second-order valence-corrected chi connectivity index (χ2v) is 4.36. The summed E-state index contributed by atoms with van der Waals surface area (Å²) in [6.45, 7) is 5.40. The summed E-state index contributed by atoms with van der Waals surface area (Å²) < 4.78 is 36.3. The van der Waals surface area contributed by atoms with Crippen LogP contribution in [0.5, 0.6) is 0 Å². The Morgan fingerprint density at radius 3 is 1.93 bits per heavy atom. The number of hydrogen-bond acceptors (Lipinski definition) is 1. The van der Waals surface area contributed by atoms with Gasteiger partial charge in [0.15, 0.2) is 0 Å². The van der Waals surface area contributed by atoms with Gasteiger partial charge in [-0.25, -0.2) is 0 Å². The van der Waals surface area contributed by atoms with Crippen molar-refractivity contribution in [1.29, 1.82) is 0 Å². The van der Waals surface area contributed by atoms with Gasteiger partial charge >= 0.3 is 5.51 Å². The summed E-state index contributed by atoms with van der Waals surface area (Å²) in [5.41, 5.74) is -1.61. The van der Waals surface area contributed by atoms with E-state index in [4.69, 9.17) is 0 Å². The second-order valence-electron chi connectivity index (χ2n) is 3.25. The van der Waals surface area contributed by atoms with E-state index in [1.807, 2.05) is 13.8 Å². The topological polar surface area (TPSA) is 0 Å². The molecule has 0 spiro atoms. The maximum absolute atomic E-state index is 12.1. The van der Waals surface area contributed by atoms with Crippen molar-refractivity contribution in [2.24, 2.45) is 0 Å². The Labute approximate surface area is 85.5 Å². The van der Waals surface area contributed by atoms with E-state index in [1.165, 1.54) is 0 Å².